The average Bonchev–Trinajstić information content (AvgIpc) is 2.60. The van der Waals surface area contributed by atoms with Crippen LogP contribution in [0.25, 0.3) is 0 Å². The summed E-state index contributed by atoms with van der Waals surface area (Å²) in [6.45, 7) is 9.01. The minimum Gasteiger partial charge on any atom is -0.323 e. The van der Waals surface area contributed by atoms with Crippen LogP contribution < -0.4 is 5.73 Å². The van der Waals surface area contributed by atoms with Gasteiger partial charge in [-0.1, -0.05) is 27.7 Å². The zero-order valence-corrected chi connectivity index (χ0v) is 11.2. The Labute approximate surface area is 97.7 Å². The van der Waals surface area contributed by atoms with Crippen LogP contribution in [-0.4, -0.2) is 0 Å². The molecule has 0 aromatic carbocycles. The molecule has 0 bridgehead atoms. The van der Waals surface area contributed by atoms with Crippen LogP contribution >= 0.6 is 11.3 Å². The molecule has 0 amide bonds. The van der Waals surface area contributed by atoms with E-state index < -0.39 is 0 Å². The smallest absolute Gasteiger partial charge is 0.0392 e. The van der Waals surface area contributed by atoms with Crippen molar-refractivity contribution in [1.82, 2.24) is 0 Å². The molecule has 1 nitrogen and oxygen atoms in total. The first-order valence-corrected chi connectivity index (χ1v) is 6.64. The Kier molecular flexibility index (Phi) is 4.35. The van der Waals surface area contributed by atoms with Crippen LogP contribution in [0.15, 0.2) is 11.4 Å². The van der Waals surface area contributed by atoms with E-state index in [4.69, 9.17) is 5.73 Å². The van der Waals surface area contributed by atoms with Crippen molar-refractivity contribution in [3.8, 4) is 0 Å². The van der Waals surface area contributed by atoms with E-state index in [9.17, 15) is 0 Å². The molecule has 1 atom stereocenters. The maximum atomic E-state index is 6.23. The van der Waals surface area contributed by atoms with E-state index in [-0.39, 0.29) is 6.04 Å². The second kappa shape index (κ2) is 5.13. The fraction of sp³-hybridized carbons (Fsp3) is 0.692. The fourth-order valence-electron chi connectivity index (χ4n) is 1.68. The summed E-state index contributed by atoms with van der Waals surface area (Å²) in [6, 6.07) is 2.44. The Hall–Kier alpha value is -0.340. The maximum absolute atomic E-state index is 6.23. The molecule has 86 valence electrons. The van der Waals surface area contributed by atoms with Crippen molar-refractivity contribution in [2.75, 3.05) is 0 Å². The lowest BCUT2D eigenvalue weighted by atomic mass is 9.88. The van der Waals surface area contributed by atoms with Gasteiger partial charge in [0.1, 0.15) is 0 Å². The zero-order valence-electron chi connectivity index (χ0n) is 10.3. The molecule has 0 aliphatic carbocycles. The summed E-state index contributed by atoms with van der Waals surface area (Å²) in [6.07, 6.45) is 3.38. The summed E-state index contributed by atoms with van der Waals surface area (Å²) < 4.78 is 0. The Balaban J connectivity index is 2.57. The highest BCUT2D eigenvalue weighted by Gasteiger charge is 2.16. The van der Waals surface area contributed by atoms with Gasteiger partial charge in [-0.15, -0.1) is 11.3 Å². The zero-order chi connectivity index (χ0) is 11.5. The van der Waals surface area contributed by atoms with Gasteiger partial charge in [0.05, 0.1) is 0 Å². The molecular formula is C13H23NS. The number of rotatable bonds is 4. The molecule has 1 aromatic rings. The van der Waals surface area contributed by atoms with Crippen molar-refractivity contribution in [1.29, 1.82) is 0 Å². The average molecular weight is 225 g/mol. The molecule has 1 unspecified atom stereocenters. The molecule has 0 radical (unpaired) electrons. The Morgan fingerprint density at radius 1 is 1.40 bits per heavy atom. The molecule has 2 N–H and O–H groups in total. The highest BCUT2D eigenvalue weighted by atomic mass is 32.1. The van der Waals surface area contributed by atoms with Crippen LogP contribution in [0, 0.1) is 5.41 Å². The van der Waals surface area contributed by atoms with Crippen LogP contribution in [0.2, 0.25) is 0 Å². The fourth-order valence-corrected chi connectivity index (χ4v) is 2.72. The number of aryl methyl sites for hydroxylation is 1. The van der Waals surface area contributed by atoms with Crippen LogP contribution in [0.3, 0.4) is 0 Å². The SMILES string of the molecule is CCc1ccsc1C(N)CCC(C)(C)C. The van der Waals surface area contributed by atoms with E-state index >= 15 is 0 Å². The van der Waals surface area contributed by atoms with Gasteiger partial charge in [0.15, 0.2) is 0 Å². The van der Waals surface area contributed by atoms with Gasteiger partial charge in [-0.2, -0.15) is 0 Å². The van der Waals surface area contributed by atoms with Gasteiger partial charge in [-0.05, 0) is 41.7 Å². The van der Waals surface area contributed by atoms with Gasteiger partial charge < -0.3 is 5.73 Å². The molecule has 1 heterocycles. The quantitative estimate of drug-likeness (QED) is 0.819. The van der Waals surface area contributed by atoms with Gasteiger partial charge in [0.25, 0.3) is 0 Å². The number of thiophene rings is 1. The van der Waals surface area contributed by atoms with Gasteiger partial charge >= 0.3 is 0 Å². The van der Waals surface area contributed by atoms with Crippen molar-refractivity contribution in [2.24, 2.45) is 11.1 Å². The lowest BCUT2D eigenvalue weighted by Crippen LogP contribution is -2.14. The van der Waals surface area contributed by atoms with Gasteiger partial charge in [-0.3, -0.25) is 0 Å². The van der Waals surface area contributed by atoms with E-state index in [0.717, 1.165) is 12.8 Å². The Bertz CT molecular complexity index is 296. The normalized spacial score (nSPS) is 14.2. The largest absolute Gasteiger partial charge is 0.323 e. The summed E-state index contributed by atoms with van der Waals surface area (Å²) in [7, 11) is 0. The molecular weight excluding hydrogens is 202 g/mol. The van der Waals surface area contributed by atoms with E-state index in [1.807, 2.05) is 11.3 Å². The summed E-state index contributed by atoms with van der Waals surface area (Å²) in [4.78, 5) is 1.39. The topological polar surface area (TPSA) is 26.0 Å². The van der Waals surface area contributed by atoms with Gasteiger partial charge in [0.2, 0.25) is 0 Å². The summed E-state index contributed by atoms with van der Waals surface area (Å²) in [5.74, 6) is 0. The van der Waals surface area contributed by atoms with E-state index in [1.165, 1.54) is 16.9 Å². The Morgan fingerprint density at radius 3 is 2.60 bits per heavy atom. The molecule has 2 heteroatoms. The molecule has 0 saturated heterocycles. The molecule has 0 saturated carbocycles. The van der Waals surface area contributed by atoms with Gasteiger partial charge in [-0.25, -0.2) is 0 Å². The first kappa shape index (κ1) is 12.7. The molecule has 0 aliphatic heterocycles. The van der Waals surface area contributed by atoms with Crippen LogP contribution in [0.4, 0.5) is 0 Å². The summed E-state index contributed by atoms with van der Waals surface area (Å²) in [5, 5.41) is 2.16. The predicted octanol–water partition coefficient (Wildman–Crippen LogP) is 4.14. The molecule has 1 aromatic heterocycles. The predicted molar refractivity (Wildman–Crippen MR) is 69.3 cm³/mol. The molecule has 15 heavy (non-hydrogen) atoms. The van der Waals surface area contributed by atoms with E-state index in [0.29, 0.717) is 5.41 Å². The number of hydrogen-bond acceptors (Lipinski definition) is 2. The van der Waals surface area contributed by atoms with Crippen molar-refractivity contribution < 1.29 is 0 Å². The molecule has 0 spiro atoms. The third-order valence-electron chi connectivity index (χ3n) is 2.70. The maximum Gasteiger partial charge on any atom is 0.0392 e. The number of nitrogens with two attached hydrogens (primary N) is 1. The van der Waals surface area contributed by atoms with Crippen molar-refractivity contribution >= 4 is 11.3 Å². The molecule has 0 fully saturated rings. The monoisotopic (exact) mass is 225 g/mol. The highest BCUT2D eigenvalue weighted by molar-refractivity contribution is 7.10. The standard InChI is InChI=1S/C13H23NS/c1-5-10-7-9-15-12(10)11(14)6-8-13(2,3)4/h7,9,11H,5-6,8,14H2,1-4H3. The van der Waals surface area contributed by atoms with Crippen molar-refractivity contribution in [2.45, 2.75) is 53.0 Å². The van der Waals surface area contributed by atoms with E-state index in [1.54, 1.807) is 0 Å². The van der Waals surface area contributed by atoms with Crippen molar-refractivity contribution in [3.05, 3.63) is 21.9 Å². The molecule has 1 rings (SSSR count). The first-order valence-electron chi connectivity index (χ1n) is 5.76. The van der Waals surface area contributed by atoms with Crippen LogP contribution in [0.1, 0.15) is 57.0 Å². The van der Waals surface area contributed by atoms with E-state index in [2.05, 4.69) is 39.1 Å². The Morgan fingerprint density at radius 2 is 2.07 bits per heavy atom. The minimum absolute atomic E-state index is 0.235. The van der Waals surface area contributed by atoms with Gasteiger partial charge in [0, 0.05) is 10.9 Å². The number of hydrogen-bond donors (Lipinski definition) is 1. The van der Waals surface area contributed by atoms with Crippen LogP contribution in [0.5, 0.6) is 0 Å². The summed E-state index contributed by atoms with van der Waals surface area (Å²) >= 11 is 1.81. The third kappa shape index (κ3) is 3.96. The molecule has 0 aliphatic rings. The highest BCUT2D eigenvalue weighted by Crippen LogP contribution is 2.30. The second-order valence-electron chi connectivity index (χ2n) is 5.37. The van der Waals surface area contributed by atoms with Crippen LogP contribution in [-0.2, 0) is 6.42 Å². The minimum atomic E-state index is 0.235. The first-order chi connectivity index (χ1) is 6.94. The summed E-state index contributed by atoms with van der Waals surface area (Å²) in [5.41, 5.74) is 8.06. The van der Waals surface area contributed by atoms with Crippen molar-refractivity contribution in [3.63, 3.8) is 0 Å². The second-order valence-corrected chi connectivity index (χ2v) is 6.32. The third-order valence-corrected chi connectivity index (χ3v) is 3.79. The lowest BCUT2D eigenvalue weighted by molar-refractivity contribution is 0.350. The lowest BCUT2D eigenvalue weighted by Gasteiger charge is -2.20.